The summed E-state index contributed by atoms with van der Waals surface area (Å²) in [6.45, 7) is 4.35. The maximum Gasteiger partial charge on any atom is 0.223 e. The van der Waals surface area contributed by atoms with Crippen molar-refractivity contribution in [1.82, 2.24) is 10.2 Å². The number of nitrogens with one attached hydrogen (secondary N) is 1. The molecule has 1 N–H and O–H groups in total. The van der Waals surface area contributed by atoms with Crippen molar-refractivity contribution in [3.8, 4) is 0 Å². The zero-order chi connectivity index (χ0) is 15.8. The highest BCUT2D eigenvalue weighted by Gasteiger charge is 2.24. The Labute approximate surface area is 141 Å². The van der Waals surface area contributed by atoms with Crippen LogP contribution in [-0.4, -0.2) is 44.2 Å². The van der Waals surface area contributed by atoms with Crippen molar-refractivity contribution in [3.05, 3.63) is 34.3 Å². The zero-order valence-corrected chi connectivity index (χ0v) is 14.8. The van der Waals surface area contributed by atoms with Gasteiger partial charge in [-0.05, 0) is 50.0 Å². The molecule has 2 rings (SSSR count). The number of halogens is 1. The minimum atomic E-state index is 0.168. The number of carbonyl (C=O) groups is 1. The molecule has 1 saturated heterocycles. The van der Waals surface area contributed by atoms with Crippen molar-refractivity contribution in [2.75, 3.05) is 33.4 Å². The molecule has 0 spiro atoms. The molecule has 122 valence electrons. The fraction of sp³-hybridized carbons (Fsp3) is 0.588. The first-order valence-corrected chi connectivity index (χ1v) is 8.72. The number of benzene rings is 1. The van der Waals surface area contributed by atoms with Crippen LogP contribution in [0.25, 0.3) is 0 Å². The molecule has 0 aromatic heterocycles. The summed E-state index contributed by atoms with van der Waals surface area (Å²) in [5.74, 6) is 0.375. The molecule has 0 bridgehead atoms. The van der Waals surface area contributed by atoms with Crippen LogP contribution in [-0.2, 0) is 16.1 Å². The van der Waals surface area contributed by atoms with Crippen molar-refractivity contribution in [2.45, 2.75) is 25.8 Å². The van der Waals surface area contributed by atoms with Gasteiger partial charge in [0, 0.05) is 37.2 Å². The number of rotatable bonds is 7. The molecule has 1 aliphatic heterocycles. The number of nitrogens with zero attached hydrogens (tertiary/aromatic N) is 1. The summed E-state index contributed by atoms with van der Waals surface area (Å²) in [6, 6.07) is 8.43. The van der Waals surface area contributed by atoms with Gasteiger partial charge in [-0.1, -0.05) is 28.1 Å². The standard InChI is InChI=1S/C17H25BrN2O2/c1-22-11-3-8-19-17(21)15-6-9-20(10-7-15)13-14-4-2-5-16(18)12-14/h2,4-5,12,15H,3,6-11,13H2,1H3,(H,19,21). The summed E-state index contributed by atoms with van der Waals surface area (Å²) >= 11 is 3.51. The Kier molecular flexibility index (Phi) is 7.36. The van der Waals surface area contributed by atoms with E-state index in [2.05, 4.69) is 44.3 Å². The van der Waals surface area contributed by atoms with Gasteiger partial charge in [-0.15, -0.1) is 0 Å². The van der Waals surface area contributed by atoms with Gasteiger partial charge in [-0.2, -0.15) is 0 Å². The molecule has 1 fully saturated rings. The highest BCUT2D eigenvalue weighted by Crippen LogP contribution is 2.20. The SMILES string of the molecule is COCCCNC(=O)C1CCN(Cc2cccc(Br)c2)CC1. The third-order valence-corrected chi connectivity index (χ3v) is 4.57. The van der Waals surface area contributed by atoms with Crippen LogP contribution in [0.4, 0.5) is 0 Å². The molecule has 1 aromatic rings. The zero-order valence-electron chi connectivity index (χ0n) is 13.2. The van der Waals surface area contributed by atoms with Crippen LogP contribution in [0.5, 0.6) is 0 Å². The molecule has 5 heteroatoms. The molecule has 22 heavy (non-hydrogen) atoms. The van der Waals surface area contributed by atoms with Gasteiger partial charge in [0.1, 0.15) is 0 Å². The fourth-order valence-electron chi connectivity index (χ4n) is 2.82. The number of ether oxygens (including phenoxy) is 1. The predicted molar refractivity (Wildman–Crippen MR) is 91.6 cm³/mol. The Morgan fingerprint density at radius 2 is 2.18 bits per heavy atom. The van der Waals surface area contributed by atoms with Crippen LogP contribution in [0.1, 0.15) is 24.8 Å². The van der Waals surface area contributed by atoms with Crippen LogP contribution in [0, 0.1) is 5.92 Å². The van der Waals surface area contributed by atoms with E-state index in [9.17, 15) is 4.79 Å². The number of carbonyl (C=O) groups excluding carboxylic acids is 1. The molecular formula is C17H25BrN2O2. The van der Waals surface area contributed by atoms with E-state index in [0.717, 1.165) is 43.4 Å². The van der Waals surface area contributed by atoms with Crippen molar-refractivity contribution >= 4 is 21.8 Å². The van der Waals surface area contributed by atoms with Crippen molar-refractivity contribution < 1.29 is 9.53 Å². The lowest BCUT2D eigenvalue weighted by Gasteiger charge is -2.31. The molecule has 1 heterocycles. The first-order chi connectivity index (χ1) is 10.7. The molecule has 0 atom stereocenters. The topological polar surface area (TPSA) is 41.6 Å². The minimum absolute atomic E-state index is 0.168. The summed E-state index contributed by atoms with van der Waals surface area (Å²) in [5.41, 5.74) is 1.32. The van der Waals surface area contributed by atoms with Gasteiger partial charge in [0.05, 0.1) is 0 Å². The first kappa shape index (κ1) is 17.4. The number of likely N-dealkylation sites (tertiary alicyclic amines) is 1. The van der Waals surface area contributed by atoms with E-state index in [-0.39, 0.29) is 11.8 Å². The Morgan fingerprint density at radius 1 is 1.41 bits per heavy atom. The molecular weight excluding hydrogens is 344 g/mol. The first-order valence-electron chi connectivity index (χ1n) is 7.92. The van der Waals surface area contributed by atoms with Crippen LogP contribution in [0.2, 0.25) is 0 Å². The highest BCUT2D eigenvalue weighted by atomic mass is 79.9. The second-order valence-electron chi connectivity index (χ2n) is 5.82. The van der Waals surface area contributed by atoms with Gasteiger partial charge in [0.15, 0.2) is 0 Å². The van der Waals surface area contributed by atoms with Crippen molar-refractivity contribution in [3.63, 3.8) is 0 Å². The second-order valence-corrected chi connectivity index (χ2v) is 6.73. The smallest absolute Gasteiger partial charge is 0.223 e. The summed E-state index contributed by atoms with van der Waals surface area (Å²) in [6.07, 6.45) is 2.78. The number of amides is 1. The quantitative estimate of drug-likeness (QED) is 0.752. The monoisotopic (exact) mass is 368 g/mol. The van der Waals surface area contributed by atoms with Crippen LogP contribution in [0.3, 0.4) is 0 Å². The van der Waals surface area contributed by atoms with Gasteiger partial charge >= 0.3 is 0 Å². The van der Waals surface area contributed by atoms with Crippen molar-refractivity contribution in [1.29, 1.82) is 0 Å². The highest BCUT2D eigenvalue weighted by molar-refractivity contribution is 9.10. The predicted octanol–water partition coefficient (Wildman–Crippen LogP) is 2.81. The van der Waals surface area contributed by atoms with Gasteiger partial charge < -0.3 is 10.1 Å². The third kappa shape index (κ3) is 5.71. The molecule has 1 aromatic carbocycles. The Hall–Kier alpha value is -0.910. The fourth-order valence-corrected chi connectivity index (χ4v) is 3.27. The second kappa shape index (κ2) is 9.28. The number of hydrogen-bond donors (Lipinski definition) is 1. The van der Waals surface area contributed by atoms with E-state index in [1.165, 1.54) is 5.56 Å². The average Bonchev–Trinajstić information content (AvgIpc) is 2.52. The molecule has 1 amide bonds. The van der Waals surface area contributed by atoms with E-state index >= 15 is 0 Å². The number of methoxy groups -OCH3 is 1. The molecule has 0 radical (unpaired) electrons. The van der Waals surface area contributed by atoms with E-state index in [0.29, 0.717) is 13.2 Å². The van der Waals surface area contributed by atoms with Crippen LogP contribution < -0.4 is 5.32 Å². The normalized spacial score (nSPS) is 16.6. The molecule has 0 saturated carbocycles. The summed E-state index contributed by atoms with van der Waals surface area (Å²) in [7, 11) is 1.68. The Balaban J connectivity index is 1.70. The van der Waals surface area contributed by atoms with Gasteiger partial charge in [0.25, 0.3) is 0 Å². The van der Waals surface area contributed by atoms with Gasteiger partial charge in [-0.25, -0.2) is 0 Å². The molecule has 0 unspecified atom stereocenters. The minimum Gasteiger partial charge on any atom is -0.385 e. The van der Waals surface area contributed by atoms with Crippen molar-refractivity contribution in [2.24, 2.45) is 5.92 Å². The van der Waals surface area contributed by atoms with Crippen LogP contribution >= 0.6 is 15.9 Å². The molecule has 0 aliphatic carbocycles. The third-order valence-electron chi connectivity index (χ3n) is 4.08. The maximum atomic E-state index is 12.1. The lowest BCUT2D eigenvalue weighted by molar-refractivity contribution is -0.126. The average molecular weight is 369 g/mol. The summed E-state index contributed by atoms with van der Waals surface area (Å²) in [5, 5.41) is 3.02. The molecule has 4 nitrogen and oxygen atoms in total. The lowest BCUT2D eigenvalue weighted by Crippen LogP contribution is -2.40. The Morgan fingerprint density at radius 3 is 2.86 bits per heavy atom. The summed E-state index contributed by atoms with van der Waals surface area (Å²) < 4.78 is 6.11. The number of hydrogen-bond acceptors (Lipinski definition) is 3. The Bertz CT molecular complexity index is 473. The van der Waals surface area contributed by atoms with E-state index < -0.39 is 0 Å². The van der Waals surface area contributed by atoms with E-state index in [1.54, 1.807) is 7.11 Å². The molecule has 1 aliphatic rings. The lowest BCUT2D eigenvalue weighted by atomic mass is 9.95. The maximum absolute atomic E-state index is 12.1. The van der Waals surface area contributed by atoms with Crippen LogP contribution in [0.15, 0.2) is 28.7 Å². The number of piperidine rings is 1. The van der Waals surface area contributed by atoms with Gasteiger partial charge in [-0.3, -0.25) is 9.69 Å². The van der Waals surface area contributed by atoms with Gasteiger partial charge in [0.2, 0.25) is 5.91 Å². The van der Waals surface area contributed by atoms with E-state index in [4.69, 9.17) is 4.74 Å². The summed E-state index contributed by atoms with van der Waals surface area (Å²) in [4.78, 5) is 14.5. The largest absolute Gasteiger partial charge is 0.385 e. The van der Waals surface area contributed by atoms with E-state index in [1.807, 2.05) is 6.07 Å².